The van der Waals surface area contributed by atoms with Crippen molar-refractivity contribution in [3.8, 4) is 0 Å². The Bertz CT molecular complexity index is 421. The quantitative estimate of drug-likeness (QED) is 0.809. The third-order valence-corrected chi connectivity index (χ3v) is 2.56. The van der Waals surface area contributed by atoms with Crippen molar-refractivity contribution in [2.24, 2.45) is 5.92 Å². The van der Waals surface area contributed by atoms with Crippen LogP contribution in [0.4, 0.5) is 11.4 Å². The molecule has 0 heterocycles. The van der Waals surface area contributed by atoms with Crippen molar-refractivity contribution in [3.05, 3.63) is 23.2 Å². The molecule has 1 atom stereocenters. The van der Waals surface area contributed by atoms with Crippen LogP contribution in [0.25, 0.3) is 0 Å². The number of hydrogen-bond donors (Lipinski definition) is 2. The van der Waals surface area contributed by atoms with E-state index < -0.39 is 6.10 Å². The molecule has 1 aromatic carbocycles. The fourth-order valence-electron chi connectivity index (χ4n) is 1.29. The Kier molecular flexibility index (Phi) is 5.44. The molecule has 100 valence electrons. The highest BCUT2D eigenvalue weighted by atomic mass is 35.5. The molecule has 0 saturated carbocycles. The van der Waals surface area contributed by atoms with Crippen LogP contribution >= 0.6 is 11.6 Å². The van der Waals surface area contributed by atoms with Crippen molar-refractivity contribution in [1.29, 1.82) is 0 Å². The fraction of sp³-hybridized carbons (Fsp3) is 0.462. The molecule has 0 saturated heterocycles. The number of carbonyl (C=O) groups excluding carboxylic acids is 1. The minimum Gasteiger partial charge on any atom is -0.397 e. The summed E-state index contributed by atoms with van der Waals surface area (Å²) in [5.74, 6) is 0.172. The minimum atomic E-state index is -0.512. The molecule has 1 aromatic rings. The molecule has 0 fully saturated rings. The van der Waals surface area contributed by atoms with Crippen LogP contribution in [0.2, 0.25) is 5.02 Å². The second-order valence-electron chi connectivity index (χ2n) is 4.59. The molecule has 0 aliphatic rings. The van der Waals surface area contributed by atoms with E-state index in [0.29, 0.717) is 28.9 Å². The summed E-state index contributed by atoms with van der Waals surface area (Å²) in [6, 6.07) is 4.94. The van der Waals surface area contributed by atoms with Crippen molar-refractivity contribution in [1.82, 2.24) is 0 Å². The van der Waals surface area contributed by atoms with E-state index in [1.807, 2.05) is 13.8 Å². The van der Waals surface area contributed by atoms with Crippen LogP contribution in [0, 0.1) is 5.92 Å². The average molecular weight is 271 g/mol. The maximum Gasteiger partial charge on any atom is 0.253 e. The zero-order valence-corrected chi connectivity index (χ0v) is 11.6. The van der Waals surface area contributed by atoms with Gasteiger partial charge in [-0.2, -0.15) is 0 Å². The summed E-state index contributed by atoms with van der Waals surface area (Å²) in [4.78, 5) is 11.8. The zero-order chi connectivity index (χ0) is 13.7. The topological polar surface area (TPSA) is 64.3 Å². The first kappa shape index (κ1) is 14.8. The van der Waals surface area contributed by atoms with Gasteiger partial charge in [0, 0.05) is 11.6 Å². The third kappa shape index (κ3) is 4.55. The van der Waals surface area contributed by atoms with Crippen LogP contribution in [0.5, 0.6) is 0 Å². The molecule has 0 aliphatic carbocycles. The summed E-state index contributed by atoms with van der Waals surface area (Å²) in [6.45, 7) is 6.32. The molecule has 18 heavy (non-hydrogen) atoms. The van der Waals surface area contributed by atoms with Crippen molar-refractivity contribution < 1.29 is 9.53 Å². The van der Waals surface area contributed by atoms with Gasteiger partial charge in [-0.1, -0.05) is 25.4 Å². The van der Waals surface area contributed by atoms with Crippen molar-refractivity contribution in [2.45, 2.75) is 26.9 Å². The first-order valence-electron chi connectivity index (χ1n) is 5.87. The van der Waals surface area contributed by atoms with Crippen LogP contribution in [0.3, 0.4) is 0 Å². The second kappa shape index (κ2) is 6.61. The number of nitrogens with two attached hydrogens (primary N) is 1. The summed E-state index contributed by atoms with van der Waals surface area (Å²) in [5.41, 5.74) is 6.73. The molecule has 0 radical (unpaired) electrons. The minimum absolute atomic E-state index is 0.218. The van der Waals surface area contributed by atoms with Gasteiger partial charge in [-0.15, -0.1) is 0 Å². The standard InChI is InChI=1S/C13H19ClN2O2/c1-8(2)7-18-9(3)13(17)16-12-5-4-10(14)6-11(12)15/h4-6,8-9H,7,15H2,1-3H3,(H,16,17). The highest BCUT2D eigenvalue weighted by molar-refractivity contribution is 6.31. The number of anilines is 2. The van der Waals surface area contributed by atoms with Gasteiger partial charge in [-0.25, -0.2) is 0 Å². The molecule has 1 unspecified atom stereocenters. The zero-order valence-electron chi connectivity index (χ0n) is 10.9. The number of amides is 1. The fourth-order valence-corrected chi connectivity index (χ4v) is 1.47. The van der Waals surface area contributed by atoms with E-state index in [1.165, 1.54) is 0 Å². The van der Waals surface area contributed by atoms with Crippen LogP contribution < -0.4 is 11.1 Å². The normalized spacial score (nSPS) is 12.5. The molecule has 3 N–H and O–H groups in total. The Morgan fingerprint density at radius 2 is 2.11 bits per heavy atom. The maximum absolute atomic E-state index is 11.8. The molecule has 1 amide bonds. The Labute approximate surface area is 112 Å². The Hall–Kier alpha value is -1.26. The summed E-state index contributed by atoms with van der Waals surface area (Å²) in [6.07, 6.45) is -0.512. The lowest BCUT2D eigenvalue weighted by Gasteiger charge is -2.15. The van der Waals surface area contributed by atoms with Crippen LogP contribution in [0.1, 0.15) is 20.8 Å². The first-order valence-corrected chi connectivity index (χ1v) is 6.25. The summed E-state index contributed by atoms with van der Waals surface area (Å²) < 4.78 is 5.42. The number of hydrogen-bond acceptors (Lipinski definition) is 3. The van der Waals surface area contributed by atoms with E-state index in [4.69, 9.17) is 22.1 Å². The molecule has 0 aliphatic heterocycles. The van der Waals surface area contributed by atoms with E-state index >= 15 is 0 Å². The highest BCUT2D eigenvalue weighted by Gasteiger charge is 2.15. The SMILES string of the molecule is CC(C)COC(C)C(=O)Nc1ccc(Cl)cc1N. The lowest BCUT2D eigenvalue weighted by molar-refractivity contribution is -0.126. The Balaban J connectivity index is 2.58. The number of rotatable bonds is 5. The number of ether oxygens (including phenoxy) is 1. The summed E-state index contributed by atoms with van der Waals surface area (Å²) in [5, 5.41) is 3.25. The molecule has 1 rings (SSSR count). The molecule has 0 bridgehead atoms. The number of benzene rings is 1. The van der Waals surface area contributed by atoms with Crippen LogP contribution in [0.15, 0.2) is 18.2 Å². The van der Waals surface area contributed by atoms with Gasteiger partial charge in [0.25, 0.3) is 5.91 Å². The Morgan fingerprint density at radius 3 is 2.67 bits per heavy atom. The Morgan fingerprint density at radius 1 is 1.44 bits per heavy atom. The number of nitrogen functional groups attached to an aromatic ring is 1. The van der Waals surface area contributed by atoms with E-state index in [-0.39, 0.29) is 5.91 Å². The lowest BCUT2D eigenvalue weighted by atomic mass is 10.2. The average Bonchev–Trinajstić information content (AvgIpc) is 2.29. The van der Waals surface area contributed by atoms with Gasteiger partial charge in [-0.3, -0.25) is 4.79 Å². The predicted octanol–water partition coefficient (Wildman–Crippen LogP) is 2.92. The molecule has 4 nitrogen and oxygen atoms in total. The number of nitrogens with one attached hydrogen (secondary N) is 1. The number of carbonyl (C=O) groups is 1. The van der Waals surface area contributed by atoms with Gasteiger partial charge in [-0.05, 0) is 31.0 Å². The molecular weight excluding hydrogens is 252 g/mol. The molecule has 0 aromatic heterocycles. The first-order chi connectivity index (χ1) is 8.40. The highest BCUT2D eigenvalue weighted by Crippen LogP contribution is 2.22. The maximum atomic E-state index is 11.8. The van der Waals surface area contributed by atoms with Crippen LogP contribution in [-0.2, 0) is 9.53 Å². The van der Waals surface area contributed by atoms with Crippen molar-refractivity contribution in [2.75, 3.05) is 17.7 Å². The summed E-state index contributed by atoms with van der Waals surface area (Å²) in [7, 11) is 0. The van der Waals surface area contributed by atoms with Crippen molar-refractivity contribution in [3.63, 3.8) is 0 Å². The van der Waals surface area contributed by atoms with E-state index in [1.54, 1.807) is 25.1 Å². The molecule has 0 spiro atoms. The van der Waals surface area contributed by atoms with Crippen molar-refractivity contribution >= 4 is 28.9 Å². The van der Waals surface area contributed by atoms with Gasteiger partial charge in [0.2, 0.25) is 0 Å². The van der Waals surface area contributed by atoms with Gasteiger partial charge >= 0.3 is 0 Å². The monoisotopic (exact) mass is 270 g/mol. The lowest BCUT2D eigenvalue weighted by Crippen LogP contribution is -2.29. The van der Waals surface area contributed by atoms with E-state index in [2.05, 4.69) is 5.32 Å². The van der Waals surface area contributed by atoms with Gasteiger partial charge < -0.3 is 15.8 Å². The van der Waals surface area contributed by atoms with E-state index in [0.717, 1.165) is 0 Å². The van der Waals surface area contributed by atoms with E-state index in [9.17, 15) is 4.79 Å². The smallest absolute Gasteiger partial charge is 0.253 e. The predicted molar refractivity (Wildman–Crippen MR) is 74.7 cm³/mol. The van der Waals surface area contributed by atoms with Gasteiger partial charge in [0.1, 0.15) is 6.10 Å². The molecular formula is C13H19ClN2O2. The second-order valence-corrected chi connectivity index (χ2v) is 5.03. The number of halogens is 1. The third-order valence-electron chi connectivity index (χ3n) is 2.32. The molecule has 5 heteroatoms. The van der Waals surface area contributed by atoms with Gasteiger partial charge in [0.05, 0.1) is 11.4 Å². The van der Waals surface area contributed by atoms with Crippen LogP contribution in [-0.4, -0.2) is 18.6 Å². The van der Waals surface area contributed by atoms with Gasteiger partial charge in [0.15, 0.2) is 0 Å². The summed E-state index contributed by atoms with van der Waals surface area (Å²) >= 11 is 5.78. The largest absolute Gasteiger partial charge is 0.397 e.